The summed E-state index contributed by atoms with van der Waals surface area (Å²) in [7, 11) is -3.25. The predicted octanol–water partition coefficient (Wildman–Crippen LogP) is 4.75. The number of likely N-dealkylation sites (N-methyl/N-ethyl adjacent to an activating group) is 1. The lowest BCUT2D eigenvalue weighted by atomic mass is 10.1. The number of carbonyl (C=O) groups excluding carboxylic acids is 2. The number of nitrogens with one attached hydrogen (secondary N) is 1. The van der Waals surface area contributed by atoms with Crippen LogP contribution in [0.1, 0.15) is 31.4 Å². The summed E-state index contributed by atoms with van der Waals surface area (Å²) in [5, 5.41) is 14.6. The molecule has 3 rings (SSSR count). The van der Waals surface area contributed by atoms with E-state index in [4.69, 9.17) is 16.3 Å². The van der Waals surface area contributed by atoms with Crippen LogP contribution in [0.3, 0.4) is 0 Å². The monoisotopic (exact) mass is 630 g/mol. The molecule has 0 fully saturated rings. The minimum Gasteiger partial charge on any atom is -0.495 e. The number of halogens is 1. The van der Waals surface area contributed by atoms with Crippen LogP contribution in [0.25, 0.3) is 0 Å². The van der Waals surface area contributed by atoms with Crippen molar-refractivity contribution in [2.24, 2.45) is 0 Å². The molecule has 11 nitrogen and oxygen atoms in total. The number of ether oxygens (including phenoxy) is 1. The molecule has 13 heteroatoms. The fourth-order valence-electron chi connectivity index (χ4n) is 4.63. The molecule has 0 aliphatic heterocycles. The van der Waals surface area contributed by atoms with Crippen molar-refractivity contribution in [3.8, 4) is 5.75 Å². The molecular weight excluding hydrogens is 596 g/mol. The molecule has 0 radical (unpaired) electrons. The van der Waals surface area contributed by atoms with Crippen molar-refractivity contribution in [1.82, 2.24) is 10.2 Å². The Hall–Kier alpha value is -4.16. The molecule has 3 aromatic rings. The maximum atomic E-state index is 14.2. The maximum Gasteiger partial charge on any atom is 0.273 e. The first-order valence-electron chi connectivity index (χ1n) is 13.7. The highest BCUT2D eigenvalue weighted by atomic mass is 35.5. The number of hydrogen-bond donors (Lipinski definition) is 1. The maximum absolute atomic E-state index is 14.2. The Morgan fingerprint density at radius 3 is 2.37 bits per heavy atom. The number of hydrogen-bond acceptors (Lipinski definition) is 7. The van der Waals surface area contributed by atoms with Gasteiger partial charge in [0.1, 0.15) is 18.3 Å². The van der Waals surface area contributed by atoms with Crippen LogP contribution in [-0.4, -0.2) is 62.8 Å². The van der Waals surface area contributed by atoms with E-state index < -0.39 is 44.0 Å². The third-order valence-corrected chi connectivity index (χ3v) is 8.87. The Morgan fingerprint density at radius 2 is 1.77 bits per heavy atom. The summed E-state index contributed by atoms with van der Waals surface area (Å²) in [5.41, 5.74) is 0.767. The van der Waals surface area contributed by atoms with Crippen molar-refractivity contribution in [2.75, 3.05) is 31.0 Å². The SMILES string of the molecule is CCNC(=O)C(CC)N(CCc1ccccc1)C(=O)CN(c1cc(Cl)ccc1OC)S(=O)(=O)c1ccc(C)c([N+](=O)[O-])c1. The average Bonchev–Trinajstić information content (AvgIpc) is 2.98. The largest absolute Gasteiger partial charge is 0.495 e. The summed E-state index contributed by atoms with van der Waals surface area (Å²) >= 11 is 6.25. The summed E-state index contributed by atoms with van der Waals surface area (Å²) < 4.78 is 34.6. The number of methoxy groups -OCH3 is 1. The van der Waals surface area contributed by atoms with Crippen LogP contribution < -0.4 is 14.4 Å². The molecule has 43 heavy (non-hydrogen) atoms. The molecule has 0 spiro atoms. The fourth-order valence-corrected chi connectivity index (χ4v) is 6.24. The molecule has 0 saturated heterocycles. The number of benzene rings is 3. The molecule has 3 aromatic carbocycles. The van der Waals surface area contributed by atoms with E-state index in [1.807, 2.05) is 30.3 Å². The summed E-state index contributed by atoms with van der Waals surface area (Å²) in [5.74, 6) is -0.912. The molecule has 1 N–H and O–H groups in total. The number of amides is 2. The number of aryl methyl sites for hydroxylation is 1. The molecule has 0 saturated carbocycles. The van der Waals surface area contributed by atoms with Gasteiger partial charge in [-0.05, 0) is 56.5 Å². The standard InChI is InChI=1S/C30H35ClN4O7S/c1-5-25(30(37)32-6-2)33(17-16-22-10-8-7-9-11-22)29(36)20-34(27-18-23(31)13-15-28(27)42-4)43(40,41)24-14-12-21(3)26(19-24)35(38)39/h7-15,18-19,25H,5-6,16-17,20H2,1-4H3,(H,32,37). The van der Waals surface area contributed by atoms with E-state index in [2.05, 4.69) is 5.32 Å². The number of nitro benzene ring substituents is 1. The number of anilines is 1. The number of carbonyl (C=O) groups is 2. The van der Waals surface area contributed by atoms with E-state index in [1.54, 1.807) is 13.8 Å². The Balaban J connectivity index is 2.14. The van der Waals surface area contributed by atoms with Crippen LogP contribution in [-0.2, 0) is 26.0 Å². The van der Waals surface area contributed by atoms with Crippen LogP contribution >= 0.6 is 11.6 Å². The summed E-state index contributed by atoms with van der Waals surface area (Å²) in [4.78, 5) is 39.1. The minimum atomic E-state index is -4.59. The van der Waals surface area contributed by atoms with Gasteiger partial charge < -0.3 is 15.0 Å². The fraction of sp³-hybridized carbons (Fsp3) is 0.333. The second-order valence-corrected chi connectivity index (χ2v) is 12.0. The van der Waals surface area contributed by atoms with Gasteiger partial charge >= 0.3 is 0 Å². The van der Waals surface area contributed by atoms with Crippen molar-refractivity contribution in [2.45, 2.75) is 44.6 Å². The van der Waals surface area contributed by atoms with Crippen molar-refractivity contribution in [3.63, 3.8) is 0 Å². The van der Waals surface area contributed by atoms with Gasteiger partial charge in [-0.1, -0.05) is 54.9 Å². The molecule has 230 valence electrons. The number of nitro groups is 1. The van der Waals surface area contributed by atoms with Gasteiger partial charge in [0.15, 0.2) is 0 Å². The van der Waals surface area contributed by atoms with E-state index in [-0.39, 0.29) is 40.9 Å². The zero-order valence-corrected chi connectivity index (χ0v) is 26.0. The van der Waals surface area contributed by atoms with Gasteiger partial charge in [0.2, 0.25) is 11.8 Å². The first-order valence-corrected chi connectivity index (χ1v) is 15.5. The van der Waals surface area contributed by atoms with Gasteiger partial charge in [0, 0.05) is 29.7 Å². The van der Waals surface area contributed by atoms with Gasteiger partial charge in [0.05, 0.1) is 22.6 Å². The Bertz CT molecular complexity index is 1570. The highest BCUT2D eigenvalue weighted by molar-refractivity contribution is 7.92. The molecule has 0 bridgehead atoms. The van der Waals surface area contributed by atoms with Crippen molar-refractivity contribution in [3.05, 3.63) is 93.0 Å². The summed E-state index contributed by atoms with van der Waals surface area (Å²) in [6.45, 7) is 4.78. The Kier molecular flexibility index (Phi) is 11.5. The van der Waals surface area contributed by atoms with Gasteiger partial charge in [-0.15, -0.1) is 0 Å². The predicted molar refractivity (Wildman–Crippen MR) is 165 cm³/mol. The average molecular weight is 631 g/mol. The first-order chi connectivity index (χ1) is 20.4. The second-order valence-electron chi connectivity index (χ2n) is 9.67. The van der Waals surface area contributed by atoms with Crippen LogP contribution in [0, 0.1) is 17.0 Å². The third-order valence-electron chi connectivity index (χ3n) is 6.87. The molecule has 0 heterocycles. The van der Waals surface area contributed by atoms with Crippen LogP contribution in [0.15, 0.2) is 71.6 Å². The topological polar surface area (TPSA) is 139 Å². The highest BCUT2D eigenvalue weighted by Crippen LogP contribution is 2.36. The van der Waals surface area contributed by atoms with Gasteiger partial charge in [-0.25, -0.2) is 8.42 Å². The number of nitrogens with zero attached hydrogens (tertiary/aromatic N) is 3. The smallest absolute Gasteiger partial charge is 0.273 e. The van der Waals surface area contributed by atoms with Crippen molar-refractivity contribution < 1.29 is 27.7 Å². The Morgan fingerprint density at radius 1 is 1.07 bits per heavy atom. The van der Waals surface area contributed by atoms with Crippen LogP contribution in [0.4, 0.5) is 11.4 Å². The van der Waals surface area contributed by atoms with E-state index in [1.165, 1.54) is 49.3 Å². The molecule has 1 atom stereocenters. The zero-order valence-electron chi connectivity index (χ0n) is 24.4. The second kappa shape index (κ2) is 14.8. The lowest BCUT2D eigenvalue weighted by Crippen LogP contribution is -2.53. The van der Waals surface area contributed by atoms with E-state index >= 15 is 0 Å². The van der Waals surface area contributed by atoms with Crippen LogP contribution in [0.5, 0.6) is 5.75 Å². The molecule has 0 aliphatic carbocycles. The quantitative estimate of drug-likeness (QED) is 0.200. The number of rotatable bonds is 14. The highest BCUT2D eigenvalue weighted by Gasteiger charge is 2.35. The summed E-state index contributed by atoms with van der Waals surface area (Å²) in [6.07, 6.45) is 0.698. The minimum absolute atomic E-state index is 0.0411. The van der Waals surface area contributed by atoms with Gasteiger partial charge in [-0.3, -0.25) is 24.0 Å². The Labute approximate surface area is 256 Å². The molecule has 0 aromatic heterocycles. The lowest BCUT2D eigenvalue weighted by molar-refractivity contribution is -0.385. The summed E-state index contributed by atoms with van der Waals surface area (Å²) in [6, 6.07) is 16.3. The molecule has 1 unspecified atom stereocenters. The van der Waals surface area contributed by atoms with E-state index in [0.717, 1.165) is 15.9 Å². The lowest BCUT2D eigenvalue weighted by Gasteiger charge is -2.33. The van der Waals surface area contributed by atoms with Crippen LogP contribution in [0.2, 0.25) is 5.02 Å². The molecule has 0 aliphatic rings. The van der Waals surface area contributed by atoms with Gasteiger partial charge in [0.25, 0.3) is 15.7 Å². The van der Waals surface area contributed by atoms with Crippen molar-refractivity contribution >= 4 is 44.8 Å². The first kappa shape index (κ1) is 33.3. The third kappa shape index (κ3) is 8.02. The van der Waals surface area contributed by atoms with Gasteiger partial charge in [-0.2, -0.15) is 0 Å². The molecule has 2 amide bonds. The number of sulfonamides is 1. The molecular formula is C30H35ClN4O7S. The zero-order chi connectivity index (χ0) is 31.7. The van der Waals surface area contributed by atoms with E-state index in [0.29, 0.717) is 13.0 Å². The van der Waals surface area contributed by atoms with E-state index in [9.17, 15) is 28.1 Å². The normalized spacial score (nSPS) is 11.8. The van der Waals surface area contributed by atoms with Crippen molar-refractivity contribution in [1.29, 1.82) is 0 Å².